The third-order valence-corrected chi connectivity index (χ3v) is 3.49. The van der Waals surface area contributed by atoms with Gasteiger partial charge in [0.25, 0.3) is 5.56 Å². The van der Waals surface area contributed by atoms with Crippen LogP contribution in [0.15, 0.2) is 16.9 Å². The average molecular weight is 290 g/mol. The van der Waals surface area contributed by atoms with E-state index in [1.165, 1.54) is 12.1 Å². The molecule has 0 amide bonds. The minimum atomic E-state index is -0.844. The maximum absolute atomic E-state index is 12.2. The largest absolute Gasteiger partial charge is 0.507 e. The zero-order chi connectivity index (χ0) is 15.7. The molecule has 1 aromatic carbocycles. The molecule has 0 saturated carbocycles. The molecule has 1 atom stereocenters. The predicted molar refractivity (Wildman–Crippen MR) is 82.5 cm³/mol. The summed E-state index contributed by atoms with van der Waals surface area (Å²) >= 11 is 0. The number of hydrogen-bond donors (Lipinski definition) is 3. The fraction of sp³-hybridized carbons (Fsp3) is 0.500. The van der Waals surface area contributed by atoms with Gasteiger partial charge in [-0.2, -0.15) is 0 Å². The molecule has 3 N–H and O–H groups in total. The summed E-state index contributed by atoms with van der Waals surface area (Å²) in [5, 5.41) is 20.9. The predicted octanol–water partition coefficient (Wildman–Crippen LogP) is 2.83. The Morgan fingerprint density at radius 3 is 2.48 bits per heavy atom. The van der Waals surface area contributed by atoms with Crippen LogP contribution in [0.4, 0.5) is 0 Å². The van der Waals surface area contributed by atoms with Gasteiger partial charge in [-0.3, -0.25) is 4.79 Å². The van der Waals surface area contributed by atoms with Crippen LogP contribution in [-0.2, 0) is 0 Å². The molecule has 0 radical (unpaired) electrons. The van der Waals surface area contributed by atoms with Gasteiger partial charge in [-0.05, 0) is 24.5 Å². The van der Waals surface area contributed by atoms with Crippen molar-refractivity contribution in [3.63, 3.8) is 0 Å². The smallest absolute Gasteiger partial charge is 0.258 e. The molecule has 0 aliphatic rings. The highest BCUT2D eigenvalue weighted by atomic mass is 16.3. The maximum Gasteiger partial charge on any atom is 0.258 e. The Bertz CT molecular complexity index is 704. The molecule has 5 heteroatoms. The topological polar surface area (TPSA) is 86.2 Å². The van der Waals surface area contributed by atoms with E-state index in [4.69, 9.17) is 0 Å². The molecule has 0 fully saturated rings. The van der Waals surface area contributed by atoms with E-state index >= 15 is 0 Å². The van der Waals surface area contributed by atoms with E-state index in [1.54, 1.807) is 0 Å². The van der Waals surface area contributed by atoms with Crippen LogP contribution in [0.5, 0.6) is 5.75 Å². The molecule has 1 aromatic heterocycles. The van der Waals surface area contributed by atoms with Crippen LogP contribution >= 0.6 is 0 Å². The number of benzene rings is 1. The summed E-state index contributed by atoms with van der Waals surface area (Å²) < 4.78 is 0. The summed E-state index contributed by atoms with van der Waals surface area (Å²) in [6, 6.07) is 2.97. The number of aromatic hydroxyl groups is 1. The lowest BCUT2D eigenvalue weighted by molar-refractivity contribution is 0.149. The lowest BCUT2D eigenvalue weighted by atomic mass is 9.96. The standard InChI is InChI=1S/C16H22N2O3/c1-8(2)7-12(20)13-11(19)6-5-10-14(13)17-15(9(3)4)18-16(10)21/h5-6,8-9,12,19-20H,7H2,1-4H3,(H,17,18,21). The number of aliphatic hydroxyl groups excluding tert-OH is 1. The normalized spacial score (nSPS) is 13.3. The Labute approximate surface area is 123 Å². The van der Waals surface area contributed by atoms with Crippen molar-refractivity contribution < 1.29 is 10.2 Å². The van der Waals surface area contributed by atoms with Crippen LogP contribution in [0.2, 0.25) is 0 Å². The first-order valence-electron chi connectivity index (χ1n) is 7.25. The number of aliphatic hydroxyl groups is 1. The Balaban J connectivity index is 2.73. The minimum Gasteiger partial charge on any atom is -0.507 e. The van der Waals surface area contributed by atoms with Crippen LogP contribution in [0, 0.1) is 5.92 Å². The van der Waals surface area contributed by atoms with Crippen LogP contribution < -0.4 is 5.56 Å². The number of rotatable bonds is 4. The van der Waals surface area contributed by atoms with Gasteiger partial charge in [-0.1, -0.05) is 27.7 Å². The van der Waals surface area contributed by atoms with Crippen molar-refractivity contribution in [1.29, 1.82) is 0 Å². The molecule has 1 unspecified atom stereocenters. The average Bonchev–Trinajstić information content (AvgIpc) is 2.36. The van der Waals surface area contributed by atoms with Gasteiger partial charge in [0.2, 0.25) is 0 Å². The first kappa shape index (κ1) is 15.5. The third kappa shape index (κ3) is 3.08. The molecule has 2 aromatic rings. The number of aromatic nitrogens is 2. The second-order valence-electron chi connectivity index (χ2n) is 6.15. The van der Waals surface area contributed by atoms with E-state index in [0.29, 0.717) is 28.7 Å². The molecular formula is C16H22N2O3. The lowest BCUT2D eigenvalue weighted by Crippen LogP contribution is -2.15. The Morgan fingerprint density at radius 2 is 1.90 bits per heavy atom. The van der Waals surface area contributed by atoms with Gasteiger partial charge in [0, 0.05) is 11.5 Å². The van der Waals surface area contributed by atoms with Crippen molar-refractivity contribution in [2.75, 3.05) is 0 Å². The highest BCUT2D eigenvalue weighted by molar-refractivity contribution is 5.83. The molecule has 0 aliphatic heterocycles. The van der Waals surface area contributed by atoms with Gasteiger partial charge >= 0.3 is 0 Å². The van der Waals surface area contributed by atoms with Crippen LogP contribution in [0.25, 0.3) is 10.9 Å². The van der Waals surface area contributed by atoms with Crippen molar-refractivity contribution >= 4 is 10.9 Å². The first-order chi connectivity index (χ1) is 9.81. The third-order valence-electron chi connectivity index (χ3n) is 3.49. The summed E-state index contributed by atoms with van der Waals surface area (Å²) in [6.45, 7) is 7.84. The van der Waals surface area contributed by atoms with E-state index in [1.807, 2.05) is 27.7 Å². The Morgan fingerprint density at radius 1 is 1.24 bits per heavy atom. The van der Waals surface area contributed by atoms with Gasteiger partial charge in [-0.25, -0.2) is 4.98 Å². The number of fused-ring (bicyclic) bond motifs is 1. The molecule has 0 spiro atoms. The van der Waals surface area contributed by atoms with Gasteiger partial charge in [-0.15, -0.1) is 0 Å². The van der Waals surface area contributed by atoms with Crippen molar-refractivity contribution in [2.45, 2.75) is 46.1 Å². The second-order valence-corrected chi connectivity index (χ2v) is 6.15. The monoisotopic (exact) mass is 290 g/mol. The summed E-state index contributed by atoms with van der Waals surface area (Å²) in [5.41, 5.74) is 0.478. The first-order valence-corrected chi connectivity index (χ1v) is 7.25. The SMILES string of the molecule is CC(C)CC(O)c1c(O)ccc2c(=O)[nH]c(C(C)C)nc12. The molecule has 0 aliphatic carbocycles. The molecule has 2 rings (SSSR count). The highest BCUT2D eigenvalue weighted by Crippen LogP contribution is 2.33. The quantitative estimate of drug-likeness (QED) is 0.808. The van der Waals surface area contributed by atoms with Crippen LogP contribution in [0.1, 0.15) is 57.5 Å². The van der Waals surface area contributed by atoms with Crippen molar-refractivity contribution in [3.8, 4) is 5.75 Å². The number of nitrogens with zero attached hydrogens (tertiary/aromatic N) is 1. The summed E-state index contributed by atoms with van der Waals surface area (Å²) in [7, 11) is 0. The van der Waals surface area contributed by atoms with Crippen LogP contribution in [0.3, 0.4) is 0 Å². The summed E-state index contributed by atoms with van der Waals surface area (Å²) in [4.78, 5) is 19.3. The fourth-order valence-corrected chi connectivity index (χ4v) is 2.40. The summed E-state index contributed by atoms with van der Waals surface area (Å²) in [6.07, 6.45) is -0.346. The van der Waals surface area contributed by atoms with E-state index in [0.717, 1.165) is 0 Å². The molecule has 0 saturated heterocycles. The number of phenols is 1. The number of aromatic amines is 1. The molecule has 21 heavy (non-hydrogen) atoms. The van der Waals surface area contributed by atoms with Gasteiger partial charge in [0.1, 0.15) is 11.6 Å². The van der Waals surface area contributed by atoms with E-state index < -0.39 is 6.10 Å². The Kier molecular flexibility index (Phi) is 4.32. The molecule has 5 nitrogen and oxygen atoms in total. The zero-order valence-corrected chi connectivity index (χ0v) is 12.8. The fourth-order valence-electron chi connectivity index (χ4n) is 2.40. The number of hydrogen-bond acceptors (Lipinski definition) is 4. The highest BCUT2D eigenvalue weighted by Gasteiger charge is 2.20. The molecule has 1 heterocycles. The summed E-state index contributed by atoms with van der Waals surface area (Å²) in [5.74, 6) is 0.848. The Hall–Kier alpha value is -1.88. The van der Waals surface area contributed by atoms with Gasteiger partial charge < -0.3 is 15.2 Å². The second kappa shape index (κ2) is 5.85. The number of H-pyrrole nitrogens is 1. The molecule has 0 bridgehead atoms. The number of phenolic OH excluding ortho intramolecular Hbond substituents is 1. The number of nitrogens with one attached hydrogen (secondary N) is 1. The lowest BCUT2D eigenvalue weighted by Gasteiger charge is -2.17. The maximum atomic E-state index is 12.2. The molecule has 114 valence electrons. The molecular weight excluding hydrogens is 268 g/mol. The van der Waals surface area contributed by atoms with E-state index in [9.17, 15) is 15.0 Å². The van der Waals surface area contributed by atoms with Crippen molar-refractivity contribution in [1.82, 2.24) is 9.97 Å². The van der Waals surface area contributed by atoms with Crippen LogP contribution in [-0.4, -0.2) is 20.2 Å². The van der Waals surface area contributed by atoms with Gasteiger partial charge in [0.15, 0.2) is 0 Å². The minimum absolute atomic E-state index is 0.0246. The van der Waals surface area contributed by atoms with Gasteiger partial charge in [0.05, 0.1) is 17.0 Å². The van der Waals surface area contributed by atoms with E-state index in [-0.39, 0.29) is 23.1 Å². The van der Waals surface area contributed by atoms with Crippen molar-refractivity contribution in [2.24, 2.45) is 5.92 Å². The van der Waals surface area contributed by atoms with E-state index in [2.05, 4.69) is 9.97 Å². The van der Waals surface area contributed by atoms with Crippen molar-refractivity contribution in [3.05, 3.63) is 33.9 Å². The zero-order valence-electron chi connectivity index (χ0n) is 12.8.